The quantitative estimate of drug-likeness (QED) is 0.795. The molecule has 0 aliphatic heterocycles. The van der Waals surface area contributed by atoms with Crippen LogP contribution in [0.3, 0.4) is 0 Å². The Hall–Kier alpha value is -1.39. The minimum Gasteiger partial charge on any atom is -0.481 e. The molecule has 0 amide bonds. The summed E-state index contributed by atoms with van der Waals surface area (Å²) in [7, 11) is 1.59. The van der Waals surface area contributed by atoms with Gasteiger partial charge in [0.05, 0.1) is 18.6 Å². The van der Waals surface area contributed by atoms with Crippen molar-refractivity contribution in [2.24, 2.45) is 5.92 Å². The first-order chi connectivity index (χ1) is 8.06. The number of hydrogen-bond donors (Lipinski definition) is 2. The standard InChI is InChI=1S/C13H18O4/c1-9(13(15)16)7-12(14)11-6-4-3-5-10(11)8-17-2/h3-6,9,12,14H,7-8H2,1-2H3,(H,15,16). The molecule has 2 unspecified atom stereocenters. The van der Waals surface area contributed by atoms with Gasteiger partial charge in [-0.05, 0) is 17.5 Å². The lowest BCUT2D eigenvalue weighted by molar-refractivity contribution is -0.142. The molecule has 0 aliphatic rings. The summed E-state index contributed by atoms with van der Waals surface area (Å²) < 4.78 is 5.04. The number of hydrogen-bond acceptors (Lipinski definition) is 3. The number of carboxylic acids is 1. The van der Waals surface area contributed by atoms with Crippen LogP contribution in [-0.2, 0) is 16.1 Å². The van der Waals surface area contributed by atoms with Gasteiger partial charge in [-0.3, -0.25) is 4.79 Å². The van der Waals surface area contributed by atoms with Crippen LogP contribution in [0.5, 0.6) is 0 Å². The summed E-state index contributed by atoms with van der Waals surface area (Å²) in [5.74, 6) is -1.46. The molecule has 0 saturated heterocycles. The second-order valence-corrected chi connectivity index (χ2v) is 4.12. The summed E-state index contributed by atoms with van der Waals surface area (Å²) in [6.07, 6.45) is -0.566. The molecule has 0 radical (unpaired) electrons. The van der Waals surface area contributed by atoms with Gasteiger partial charge in [0, 0.05) is 7.11 Å². The molecule has 0 aromatic heterocycles. The molecule has 2 N–H and O–H groups in total. The first-order valence-corrected chi connectivity index (χ1v) is 5.53. The van der Waals surface area contributed by atoms with Crippen molar-refractivity contribution in [2.75, 3.05) is 7.11 Å². The van der Waals surface area contributed by atoms with Gasteiger partial charge in [0.25, 0.3) is 0 Å². The molecule has 0 saturated carbocycles. The maximum Gasteiger partial charge on any atom is 0.306 e. The number of methoxy groups -OCH3 is 1. The minimum absolute atomic E-state index is 0.204. The first kappa shape index (κ1) is 13.7. The number of rotatable bonds is 6. The highest BCUT2D eigenvalue weighted by molar-refractivity contribution is 5.69. The van der Waals surface area contributed by atoms with E-state index in [0.717, 1.165) is 11.1 Å². The second kappa shape index (κ2) is 6.37. The third-order valence-corrected chi connectivity index (χ3v) is 2.71. The Morgan fingerprint density at radius 2 is 2.06 bits per heavy atom. The van der Waals surface area contributed by atoms with Gasteiger partial charge >= 0.3 is 5.97 Å². The van der Waals surface area contributed by atoms with Crippen LogP contribution in [0.25, 0.3) is 0 Å². The van der Waals surface area contributed by atoms with E-state index < -0.39 is 18.0 Å². The van der Waals surface area contributed by atoms with Crippen LogP contribution < -0.4 is 0 Å². The molecule has 17 heavy (non-hydrogen) atoms. The van der Waals surface area contributed by atoms with Gasteiger partial charge in [-0.15, -0.1) is 0 Å². The highest BCUT2D eigenvalue weighted by atomic mass is 16.5. The van der Waals surface area contributed by atoms with Crippen LogP contribution >= 0.6 is 0 Å². The van der Waals surface area contributed by atoms with E-state index in [1.165, 1.54) is 0 Å². The van der Waals surface area contributed by atoms with E-state index in [4.69, 9.17) is 9.84 Å². The Morgan fingerprint density at radius 1 is 1.41 bits per heavy atom. The Bertz CT molecular complexity index is 375. The SMILES string of the molecule is COCc1ccccc1C(O)CC(C)C(=O)O. The van der Waals surface area contributed by atoms with Crippen LogP contribution in [0.2, 0.25) is 0 Å². The molecule has 4 heteroatoms. The van der Waals surface area contributed by atoms with E-state index in [2.05, 4.69) is 0 Å². The molecule has 1 aromatic carbocycles. The lowest BCUT2D eigenvalue weighted by Gasteiger charge is -2.17. The summed E-state index contributed by atoms with van der Waals surface area (Å²) in [5.41, 5.74) is 1.63. The van der Waals surface area contributed by atoms with Crippen molar-refractivity contribution in [3.05, 3.63) is 35.4 Å². The van der Waals surface area contributed by atoms with Gasteiger partial charge in [0.15, 0.2) is 0 Å². The Balaban J connectivity index is 2.80. The predicted octanol–water partition coefficient (Wildman–Crippen LogP) is 1.98. The van der Waals surface area contributed by atoms with Crippen molar-refractivity contribution >= 4 is 5.97 Å². The van der Waals surface area contributed by atoms with Crippen molar-refractivity contribution < 1.29 is 19.7 Å². The molecule has 0 fully saturated rings. The fraction of sp³-hybridized carbons (Fsp3) is 0.462. The van der Waals surface area contributed by atoms with Crippen LogP contribution in [0.15, 0.2) is 24.3 Å². The van der Waals surface area contributed by atoms with Gasteiger partial charge < -0.3 is 14.9 Å². The summed E-state index contributed by atoms with van der Waals surface area (Å²) in [4.78, 5) is 10.7. The van der Waals surface area contributed by atoms with Crippen LogP contribution in [0.1, 0.15) is 30.6 Å². The topological polar surface area (TPSA) is 66.8 Å². The average molecular weight is 238 g/mol. The van der Waals surface area contributed by atoms with Gasteiger partial charge in [-0.25, -0.2) is 0 Å². The van der Waals surface area contributed by atoms with Crippen LogP contribution in [0, 0.1) is 5.92 Å². The number of aliphatic hydroxyl groups is 1. The van der Waals surface area contributed by atoms with E-state index in [1.54, 1.807) is 20.1 Å². The van der Waals surface area contributed by atoms with Crippen molar-refractivity contribution in [1.82, 2.24) is 0 Å². The Morgan fingerprint density at radius 3 is 2.65 bits per heavy atom. The number of aliphatic hydroxyl groups excluding tert-OH is 1. The van der Waals surface area contributed by atoms with Crippen molar-refractivity contribution in [1.29, 1.82) is 0 Å². The van der Waals surface area contributed by atoms with E-state index in [-0.39, 0.29) is 6.42 Å². The summed E-state index contributed by atoms with van der Waals surface area (Å²) in [6.45, 7) is 2.00. The maximum atomic E-state index is 10.7. The Labute approximate surface area is 101 Å². The summed E-state index contributed by atoms with van der Waals surface area (Å²) >= 11 is 0. The van der Waals surface area contributed by atoms with Gasteiger partial charge in [-0.1, -0.05) is 31.2 Å². The lowest BCUT2D eigenvalue weighted by Crippen LogP contribution is -2.14. The fourth-order valence-corrected chi connectivity index (χ4v) is 1.71. The molecular formula is C13H18O4. The number of benzene rings is 1. The largest absolute Gasteiger partial charge is 0.481 e. The molecule has 0 spiro atoms. The zero-order valence-corrected chi connectivity index (χ0v) is 10.1. The highest BCUT2D eigenvalue weighted by Crippen LogP contribution is 2.24. The Kier molecular flexibility index (Phi) is 5.12. The van der Waals surface area contributed by atoms with Crippen LogP contribution in [0.4, 0.5) is 0 Å². The van der Waals surface area contributed by atoms with Crippen molar-refractivity contribution in [3.8, 4) is 0 Å². The first-order valence-electron chi connectivity index (χ1n) is 5.53. The molecule has 2 atom stereocenters. The maximum absolute atomic E-state index is 10.7. The van der Waals surface area contributed by atoms with E-state index >= 15 is 0 Å². The number of carboxylic acid groups (broad SMARTS) is 1. The molecule has 1 rings (SSSR count). The second-order valence-electron chi connectivity index (χ2n) is 4.12. The normalized spacial score (nSPS) is 14.3. The third kappa shape index (κ3) is 3.84. The summed E-state index contributed by atoms with van der Waals surface area (Å²) in [5, 5.41) is 18.8. The van der Waals surface area contributed by atoms with Gasteiger partial charge in [-0.2, -0.15) is 0 Å². The zero-order chi connectivity index (χ0) is 12.8. The molecule has 0 aliphatic carbocycles. The number of ether oxygens (including phenoxy) is 1. The van der Waals surface area contributed by atoms with Gasteiger partial charge in [0.2, 0.25) is 0 Å². The fourth-order valence-electron chi connectivity index (χ4n) is 1.71. The van der Waals surface area contributed by atoms with Crippen LogP contribution in [-0.4, -0.2) is 23.3 Å². The average Bonchev–Trinajstić information content (AvgIpc) is 2.29. The van der Waals surface area contributed by atoms with Crippen molar-refractivity contribution in [3.63, 3.8) is 0 Å². The minimum atomic E-state index is -0.895. The lowest BCUT2D eigenvalue weighted by atomic mass is 9.95. The van der Waals surface area contributed by atoms with Crippen molar-refractivity contribution in [2.45, 2.75) is 26.1 Å². The molecule has 94 valence electrons. The smallest absolute Gasteiger partial charge is 0.306 e. The van der Waals surface area contributed by atoms with E-state index in [1.807, 2.05) is 18.2 Å². The molecule has 4 nitrogen and oxygen atoms in total. The zero-order valence-electron chi connectivity index (χ0n) is 10.1. The van der Waals surface area contributed by atoms with E-state index in [9.17, 15) is 9.90 Å². The number of carbonyl (C=O) groups is 1. The highest BCUT2D eigenvalue weighted by Gasteiger charge is 2.19. The molecular weight excluding hydrogens is 220 g/mol. The molecule has 0 heterocycles. The predicted molar refractivity (Wildman–Crippen MR) is 63.5 cm³/mol. The molecule has 0 bridgehead atoms. The number of aliphatic carboxylic acids is 1. The summed E-state index contributed by atoms with van der Waals surface area (Å²) in [6, 6.07) is 7.36. The van der Waals surface area contributed by atoms with E-state index in [0.29, 0.717) is 6.61 Å². The van der Waals surface area contributed by atoms with Gasteiger partial charge in [0.1, 0.15) is 0 Å². The molecule has 1 aromatic rings. The monoisotopic (exact) mass is 238 g/mol. The third-order valence-electron chi connectivity index (χ3n) is 2.71.